The Labute approximate surface area is 621 Å². The molecule has 4 aliphatic heterocycles. The first-order chi connectivity index (χ1) is 50.0. The van der Waals surface area contributed by atoms with Crippen molar-refractivity contribution in [3.8, 4) is 0 Å². The van der Waals surface area contributed by atoms with E-state index >= 15 is 4.39 Å². The molecule has 4 fully saturated rings. The van der Waals surface area contributed by atoms with E-state index in [1.807, 2.05) is 55.4 Å². The van der Waals surface area contributed by atoms with Crippen LogP contribution in [0.2, 0.25) is 0 Å². The number of amides is 4. The Bertz CT molecular complexity index is 3800. The van der Waals surface area contributed by atoms with E-state index in [4.69, 9.17) is 72.8 Å². The Kier molecular flexibility index (Phi) is 36.6. The molecule has 6 N–H and O–H groups in total. The van der Waals surface area contributed by atoms with Gasteiger partial charge in [0.05, 0.1) is 77.6 Å². The first-order valence-corrected chi connectivity index (χ1v) is 37.1. The van der Waals surface area contributed by atoms with Gasteiger partial charge in [-0.1, -0.05) is 83.1 Å². The van der Waals surface area contributed by atoms with Gasteiger partial charge in [0.25, 0.3) is 0 Å². The summed E-state index contributed by atoms with van der Waals surface area (Å²) < 4.78 is 122. The number of hydrogen-bond acceptors (Lipinski definition) is 33. The molecular formula is C62H88F4N12O24S4. The Morgan fingerprint density at radius 2 is 0.745 bits per heavy atom. The molecule has 592 valence electrons. The van der Waals surface area contributed by atoms with Gasteiger partial charge >= 0.3 is 59.4 Å². The quantitative estimate of drug-likeness (QED) is 0.0239. The van der Waals surface area contributed by atoms with Gasteiger partial charge in [-0.15, -0.1) is 47.0 Å². The summed E-state index contributed by atoms with van der Waals surface area (Å²) in [7, 11) is 0. The van der Waals surface area contributed by atoms with E-state index in [0.29, 0.717) is 17.3 Å². The van der Waals surface area contributed by atoms with Crippen LogP contribution in [0.4, 0.5) is 69.6 Å². The predicted molar refractivity (Wildman–Crippen MR) is 377 cm³/mol. The number of aliphatic hydroxyl groups is 2. The highest BCUT2D eigenvalue weighted by atomic mass is 32.2. The number of thioether (sulfide) groups is 4. The number of ether oxygens (including phenoxy) is 12. The zero-order valence-corrected chi connectivity index (χ0v) is 63.2. The number of rotatable bonds is 25. The van der Waals surface area contributed by atoms with Crippen molar-refractivity contribution in [3.63, 3.8) is 0 Å². The second kappa shape index (κ2) is 43.7. The number of nitrogens with two attached hydrogens (primary N) is 1. The van der Waals surface area contributed by atoms with Crippen LogP contribution in [0, 0.1) is 58.8 Å². The van der Waals surface area contributed by atoms with Crippen molar-refractivity contribution in [1.82, 2.24) is 38.2 Å². The SMILES string of the molecule is CC(C)COC(=O)Nc1nc(=O)n([C@@H]2CS[C@H](CO)O2)cc1F.CC(C)COC(=O)Nc1nc(=O)n([C@@H]2CS[C@H](COC(=O)OCC(C)C)O2)cc1F.CC(C)COC(=O)OC[C@@H]1O[C@H](n2cc(F)c(N(C(=O)OCC(C)C)C(=O)OCC(C)C)nc2=O)CS1.Nc1nc(=O)n([C@@H]2CS[C@H](CO)O2)cc1F. The number of aliphatic hydroxyl groups excluding tert-OH is 2. The molecule has 44 heteroatoms. The number of nitrogens with one attached hydrogen (secondary N) is 2. The van der Waals surface area contributed by atoms with Crippen LogP contribution in [-0.4, -0.2) is 196 Å². The van der Waals surface area contributed by atoms with Crippen LogP contribution in [0.15, 0.2) is 44.0 Å². The zero-order chi connectivity index (χ0) is 78.6. The lowest BCUT2D eigenvalue weighted by Gasteiger charge is -2.21. The monoisotopic (exact) mass is 1590 g/mol. The molecule has 8 rings (SSSR count). The van der Waals surface area contributed by atoms with Crippen molar-refractivity contribution in [2.24, 2.45) is 35.5 Å². The molecule has 4 aromatic rings. The van der Waals surface area contributed by atoms with Crippen LogP contribution >= 0.6 is 47.0 Å². The van der Waals surface area contributed by atoms with Gasteiger partial charge in [-0.05, 0) is 35.5 Å². The maximum absolute atomic E-state index is 15.1. The van der Waals surface area contributed by atoms with Crippen LogP contribution in [0.3, 0.4) is 0 Å². The molecule has 4 amide bonds. The third kappa shape index (κ3) is 29.3. The largest absolute Gasteiger partial charge is 0.508 e. The standard InChI is InChI=1S/C23H34FN3O9S.C18H26FN3O7S.C13H18FN3O5S.C8H10FN3O3S/c1-13(2)8-32-21(29)27(22(30)33-9-14(3)4)19-16(24)7-26(20(28)25-19)17-12-37-18(36-17)11-35-23(31)34-10-15(5)6;1-10(2)6-26-17(24)21-15-12(19)5-22(16(23)20-15)13-9-30-14(29-13)8-28-18(25)27-7-11(3)4;1-7(2)5-21-13(20)16-11-8(14)3-17(12(19)15-11)9-6-23-10(4-18)22-9;9-4-1-12(8(14)11-7(4)10)5-3-16-6(2-13)15-5/h7,13-15,17-18H,8-12H2,1-6H3;5,10-11,13-14H,6-9H2,1-4H3,(H,20,21,23,24);3,7,9-10,18H,4-6H2,1-2H3,(H,15,16,19,20);1,5-6,13H,2-3H2,(H2,10,11,14)/t17-,18+;13-,14+;9-,10+;5-,6+/m0000/s1. The first kappa shape index (κ1) is 88.6. The molecule has 4 aromatic heterocycles. The highest BCUT2D eigenvalue weighted by Gasteiger charge is 2.37. The van der Waals surface area contributed by atoms with E-state index in [-0.39, 0.29) is 112 Å². The Morgan fingerprint density at radius 3 is 1.08 bits per heavy atom. The molecular weight excluding hydrogens is 1500 g/mol. The van der Waals surface area contributed by atoms with Crippen molar-refractivity contribution < 1.29 is 113 Å². The predicted octanol–water partition coefficient (Wildman–Crippen LogP) is 7.87. The molecule has 0 bridgehead atoms. The summed E-state index contributed by atoms with van der Waals surface area (Å²) in [6.07, 6.45) is -5.36. The lowest BCUT2D eigenvalue weighted by Crippen LogP contribution is -2.42. The number of halogens is 4. The van der Waals surface area contributed by atoms with Crippen LogP contribution < -0.4 is 44.0 Å². The van der Waals surface area contributed by atoms with Gasteiger partial charge in [0.15, 0.2) is 46.5 Å². The van der Waals surface area contributed by atoms with Gasteiger partial charge in [-0.25, -0.2) is 65.5 Å². The highest BCUT2D eigenvalue weighted by molar-refractivity contribution is 8.00. The summed E-state index contributed by atoms with van der Waals surface area (Å²) in [4.78, 5) is 134. The minimum absolute atomic E-state index is 0.0485. The van der Waals surface area contributed by atoms with E-state index in [2.05, 4.69) is 30.6 Å². The molecule has 0 saturated carbocycles. The van der Waals surface area contributed by atoms with Crippen LogP contribution in [0.5, 0.6) is 0 Å². The van der Waals surface area contributed by atoms with Crippen LogP contribution in [0.25, 0.3) is 0 Å². The van der Waals surface area contributed by atoms with E-state index in [0.717, 1.165) is 43.1 Å². The molecule has 0 unspecified atom stereocenters. The minimum Gasteiger partial charge on any atom is -0.449 e. The first-order valence-electron chi connectivity index (χ1n) is 32.9. The number of carbonyl (C=O) groups excluding carboxylic acids is 6. The van der Waals surface area contributed by atoms with Crippen molar-refractivity contribution in [2.45, 2.75) is 130 Å². The maximum Gasteiger partial charge on any atom is 0.508 e. The van der Waals surface area contributed by atoms with Gasteiger partial charge in [0.1, 0.15) is 59.9 Å². The van der Waals surface area contributed by atoms with Crippen molar-refractivity contribution in [3.05, 3.63) is 90.0 Å². The topological polar surface area (TPSA) is 447 Å². The average molecular weight is 1590 g/mol. The number of nitrogen functional groups attached to an aromatic ring is 1. The number of hydrogen-bond donors (Lipinski definition) is 5. The van der Waals surface area contributed by atoms with E-state index in [1.165, 1.54) is 47.0 Å². The smallest absolute Gasteiger partial charge is 0.449 e. The molecule has 0 radical (unpaired) electrons. The summed E-state index contributed by atoms with van der Waals surface area (Å²) >= 11 is 5.20. The highest BCUT2D eigenvalue weighted by Crippen LogP contribution is 2.35. The molecule has 36 nitrogen and oxygen atoms in total. The number of anilines is 4. The number of nitrogens with zero attached hydrogens (tertiary/aromatic N) is 9. The normalized spacial score (nSPS) is 19.5. The van der Waals surface area contributed by atoms with E-state index in [1.54, 1.807) is 27.7 Å². The molecule has 0 aromatic carbocycles. The summed E-state index contributed by atoms with van der Waals surface area (Å²) in [5.74, 6) is -4.17. The van der Waals surface area contributed by atoms with Crippen molar-refractivity contribution in [1.29, 1.82) is 0 Å². The fourth-order valence-electron chi connectivity index (χ4n) is 8.09. The Hall–Kier alpha value is -7.98. The lowest BCUT2D eigenvalue weighted by atomic mass is 10.2. The van der Waals surface area contributed by atoms with Crippen molar-refractivity contribution >= 4 is 107 Å². The second-order valence-corrected chi connectivity index (χ2v) is 30.1. The number of aromatic nitrogens is 8. The molecule has 0 aliphatic carbocycles. The molecule has 8 heterocycles. The van der Waals surface area contributed by atoms with Gasteiger partial charge in [-0.2, -0.15) is 24.8 Å². The van der Waals surface area contributed by atoms with Gasteiger partial charge < -0.3 is 72.8 Å². The summed E-state index contributed by atoms with van der Waals surface area (Å²) in [5.41, 5.74) is -0.0738. The average Bonchev–Trinajstić information content (AvgIpc) is 1.23. The van der Waals surface area contributed by atoms with E-state index in [9.17, 15) is 61.1 Å². The van der Waals surface area contributed by atoms with Gasteiger partial charge in [0, 0.05) is 23.0 Å². The summed E-state index contributed by atoms with van der Waals surface area (Å²) in [6, 6.07) is 0. The summed E-state index contributed by atoms with van der Waals surface area (Å²) in [5, 5.41) is 22.1. The summed E-state index contributed by atoms with van der Waals surface area (Å²) in [6.45, 7) is 22.2. The third-order valence-electron chi connectivity index (χ3n) is 13.0. The Morgan fingerprint density at radius 1 is 0.453 bits per heavy atom. The molecule has 4 saturated heterocycles. The zero-order valence-electron chi connectivity index (χ0n) is 59.9. The molecule has 106 heavy (non-hydrogen) atoms. The van der Waals surface area contributed by atoms with Crippen LogP contribution in [0.1, 0.15) is 108 Å². The van der Waals surface area contributed by atoms with Gasteiger partial charge in [0.2, 0.25) is 0 Å². The molecule has 8 atom stereocenters. The van der Waals surface area contributed by atoms with Crippen molar-refractivity contribution in [2.75, 3.05) is 110 Å². The van der Waals surface area contributed by atoms with Crippen LogP contribution in [-0.2, 0) is 56.8 Å². The third-order valence-corrected chi connectivity index (χ3v) is 17.5. The molecule has 4 aliphatic rings. The fourth-order valence-corrected chi connectivity index (χ4v) is 11.9. The maximum atomic E-state index is 15.1. The lowest BCUT2D eigenvalue weighted by molar-refractivity contribution is -0.0254. The minimum atomic E-state index is -1.22. The number of imide groups is 1. The molecule has 0 spiro atoms. The Balaban J connectivity index is 0.000000263. The van der Waals surface area contributed by atoms with Gasteiger partial charge in [-0.3, -0.25) is 28.9 Å². The number of carbonyl (C=O) groups is 6. The second-order valence-electron chi connectivity index (χ2n) is 25.3. The fraction of sp³-hybridized carbons (Fsp3) is 0.645. The van der Waals surface area contributed by atoms with E-state index < -0.39 is 153 Å².